The Morgan fingerprint density at radius 2 is 1.68 bits per heavy atom. The molecule has 0 heterocycles. The minimum Gasteiger partial charge on any atom is -0.346 e. The minimum absolute atomic E-state index is 0.0211. The first-order valence-electron chi connectivity index (χ1n) is 6.53. The average molecular weight is 263 g/mol. The van der Waals surface area contributed by atoms with Gasteiger partial charge in [0.25, 0.3) is 0 Å². The number of nitrogens with one attached hydrogen (secondary N) is 1. The van der Waals surface area contributed by atoms with Crippen molar-refractivity contribution in [2.75, 3.05) is 0 Å². The lowest BCUT2D eigenvalue weighted by Crippen LogP contribution is -2.38. The van der Waals surface area contributed by atoms with Crippen LogP contribution in [0, 0.1) is 17.6 Å². The van der Waals surface area contributed by atoms with Crippen molar-refractivity contribution in [2.45, 2.75) is 31.2 Å². The number of carbonyl (C=O) groups is 1. The SMILES string of the molecule is O=C(NC1(c2cc(F)cc(F)c2)CC1)C1CC=CC1. The van der Waals surface area contributed by atoms with Gasteiger partial charge in [0.1, 0.15) is 11.6 Å². The molecular formula is C15H15F2NO. The van der Waals surface area contributed by atoms with Gasteiger partial charge in [0.05, 0.1) is 5.54 Å². The molecule has 1 aromatic rings. The largest absolute Gasteiger partial charge is 0.346 e. The van der Waals surface area contributed by atoms with Crippen LogP contribution in [0.5, 0.6) is 0 Å². The second-order valence-corrected chi connectivity index (χ2v) is 5.37. The molecule has 0 atom stereocenters. The van der Waals surface area contributed by atoms with Gasteiger partial charge in [-0.25, -0.2) is 8.78 Å². The van der Waals surface area contributed by atoms with E-state index in [1.807, 2.05) is 12.2 Å². The standard InChI is InChI=1S/C15H15F2NO/c16-12-7-11(8-13(17)9-12)15(5-6-15)18-14(19)10-3-1-2-4-10/h1-2,7-10H,3-6H2,(H,18,19). The maximum absolute atomic E-state index is 13.3. The van der Waals surface area contributed by atoms with Crippen molar-refractivity contribution in [3.63, 3.8) is 0 Å². The van der Waals surface area contributed by atoms with Crippen LogP contribution < -0.4 is 5.32 Å². The Balaban J connectivity index is 1.77. The molecule has 1 saturated carbocycles. The first-order chi connectivity index (χ1) is 9.09. The van der Waals surface area contributed by atoms with Crippen LogP contribution in [0.3, 0.4) is 0 Å². The molecule has 2 aliphatic rings. The predicted molar refractivity (Wildman–Crippen MR) is 67.3 cm³/mol. The summed E-state index contributed by atoms with van der Waals surface area (Å²) < 4.78 is 26.5. The van der Waals surface area contributed by atoms with Crippen molar-refractivity contribution >= 4 is 5.91 Å². The van der Waals surface area contributed by atoms with Gasteiger partial charge in [0.2, 0.25) is 5.91 Å². The summed E-state index contributed by atoms with van der Waals surface area (Å²) in [5, 5.41) is 2.97. The Labute approximate surface area is 110 Å². The summed E-state index contributed by atoms with van der Waals surface area (Å²) in [5.74, 6) is -1.25. The van der Waals surface area contributed by atoms with Crippen LogP contribution in [0.25, 0.3) is 0 Å². The Hall–Kier alpha value is -1.71. The number of halogens is 2. The molecule has 1 amide bonds. The van der Waals surface area contributed by atoms with Crippen molar-refractivity contribution in [1.29, 1.82) is 0 Å². The summed E-state index contributed by atoms with van der Waals surface area (Å²) in [6.45, 7) is 0. The number of carbonyl (C=O) groups excluding carboxylic acids is 1. The summed E-state index contributed by atoms with van der Waals surface area (Å²) in [4.78, 5) is 12.1. The molecule has 2 nitrogen and oxygen atoms in total. The summed E-state index contributed by atoms with van der Waals surface area (Å²) in [5.41, 5.74) is -0.0212. The van der Waals surface area contributed by atoms with E-state index in [1.54, 1.807) is 0 Å². The molecule has 0 radical (unpaired) electrons. The van der Waals surface area contributed by atoms with Crippen LogP contribution >= 0.6 is 0 Å². The van der Waals surface area contributed by atoms with E-state index < -0.39 is 17.2 Å². The lowest BCUT2D eigenvalue weighted by Gasteiger charge is -2.20. The normalized spacial score (nSPS) is 20.5. The molecule has 0 unspecified atom stereocenters. The molecule has 1 N–H and O–H groups in total. The zero-order chi connectivity index (χ0) is 13.5. The van der Waals surface area contributed by atoms with Gasteiger partial charge in [-0.15, -0.1) is 0 Å². The maximum atomic E-state index is 13.3. The van der Waals surface area contributed by atoms with E-state index in [1.165, 1.54) is 12.1 Å². The highest BCUT2D eigenvalue weighted by atomic mass is 19.1. The number of rotatable bonds is 3. The molecule has 0 bridgehead atoms. The predicted octanol–water partition coefficient (Wildman–Crippen LogP) is 3.04. The third-order valence-corrected chi connectivity index (χ3v) is 3.91. The summed E-state index contributed by atoms with van der Waals surface area (Å²) in [6.07, 6.45) is 6.96. The highest BCUT2D eigenvalue weighted by Crippen LogP contribution is 2.46. The number of hydrogen-bond donors (Lipinski definition) is 1. The molecule has 1 fully saturated rings. The third kappa shape index (κ3) is 2.39. The van der Waals surface area contributed by atoms with Crippen LogP contribution in [0.4, 0.5) is 8.78 Å². The summed E-state index contributed by atoms with van der Waals surface area (Å²) in [7, 11) is 0. The first kappa shape index (κ1) is 12.3. The zero-order valence-electron chi connectivity index (χ0n) is 10.5. The Morgan fingerprint density at radius 3 is 2.21 bits per heavy atom. The van der Waals surface area contributed by atoms with Gasteiger partial charge in [-0.1, -0.05) is 12.2 Å². The minimum atomic E-state index is -0.599. The monoisotopic (exact) mass is 263 g/mol. The molecule has 0 aromatic heterocycles. The van der Waals surface area contributed by atoms with E-state index in [-0.39, 0.29) is 11.8 Å². The van der Waals surface area contributed by atoms with E-state index in [0.717, 1.165) is 31.7 Å². The second kappa shape index (κ2) is 4.44. The molecular weight excluding hydrogens is 248 g/mol. The summed E-state index contributed by atoms with van der Waals surface area (Å²) >= 11 is 0. The summed E-state index contributed by atoms with van der Waals surface area (Å²) in [6, 6.07) is 3.47. The van der Waals surface area contributed by atoms with Crippen LogP contribution in [0.1, 0.15) is 31.2 Å². The van der Waals surface area contributed by atoms with Gasteiger partial charge in [0, 0.05) is 12.0 Å². The van der Waals surface area contributed by atoms with E-state index in [2.05, 4.69) is 5.32 Å². The highest BCUT2D eigenvalue weighted by Gasteiger charge is 2.46. The van der Waals surface area contributed by atoms with Gasteiger partial charge in [-0.2, -0.15) is 0 Å². The number of amides is 1. The molecule has 2 aliphatic carbocycles. The van der Waals surface area contributed by atoms with Crippen molar-refractivity contribution in [2.24, 2.45) is 5.92 Å². The lowest BCUT2D eigenvalue weighted by molar-refractivity contribution is -0.125. The van der Waals surface area contributed by atoms with Crippen LogP contribution in [0.2, 0.25) is 0 Å². The average Bonchev–Trinajstić information content (AvgIpc) is 2.92. The second-order valence-electron chi connectivity index (χ2n) is 5.37. The van der Waals surface area contributed by atoms with E-state index in [0.29, 0.717) is 5.56 Å². The molecule has 19 heavy (non-hydrogen) atoms. The van der Waals surface area contributed by atoms with Gasteiger partial charge in [0.15, 0.2) is 0 Å². The quantitative estimate of drug-likeness (QED) is 0.834. The fraction of sp³-hybridized carbons (Fsp3) is 0.400. The van der Waals surface area contributed by atoms with Gasteiger partial charge in [-0.3, -0.25) is 4.79 Å². The van der Waals surface area contributed by atoms with E-state index >= 15 is 0 Å². The van der Waals surface area contributed by atoms with Crippen LogP contribution in [-0.4, -0.2) is 5.91 Å². The van der Waals surface area contributed by atoms with Crippen molar-refractivity contribution in [3.05, 3.63) is 47.5 Å². The van der Waals surface area contributed by atoms with Crippen molar-refractivity contribution < 1.29 is 13.6 Å². The molecule has 3 rings (SSSR count). The van der Waals surface area contributed by atoms with Crippen LogP contribution in [0.15, 0.2) is 30.4 Å². The number of allylic oxidation sites excluding steroid dienone is 2. The Kier molecular flexibility index (Phi) is 2.88. The van der Waals surface area contributed by atoms with Gasteiger partial charge in [-0.05, 0) is 43.4 Å². The fourth-order valence-corrected chi connectivity index (χ4v) is 2.61. The van der Waals surface area contributed by atoms with Crippen molar-refractivity contribution in [1.82, 2.24) is 5.32 Å². The van der Waals surface area contributed by atoms with Crippen LogP contribution in [-0.2, 0) is 10.3 Å². The smallest absolute Gasteiger partial charge is 0.224 e. The molecule has 0 saturated heterocycles. The van der Waals surface area contributed by atoms with Crippen molar-refractivity contribution in [3.8, 4) is 0 Å². The van der Waals surface area contributed by atoms with Gasteiger partial charge < -0.3 is 5.32 Å². The Morgan fingerprint density at radius 1 is 1.11 bits per heavy atom. The molecule has 0 spiro atoms. The molecule has 100 valence electrons. The van der Waals surface area contributed by atoms with Gasteiger partial charge >= 0.3 is 0 Å². The van der Waals surface area contributed by atoms with E-state index in [4.69, 9.17) is 0 Å². The Bertz CT molecular complexity index is 521. The molecule has 4 heteroatoms. The number of hydrogen-bond acceptors (Lipinski definition) is 1. The van der Waals surface area contributed by atoms with E-state index in [9.17, 15) is 13.6 Å². The molecule has 0 aliphatic heterocycles. The fourth-order valence-electron chi connectivity index (χ4n) is 2.61. The first-order valence-corrected chi connectivity index (χ1v) is 6.53. The highest BCUT2D eigenvalue weighted by molar-refractivity contribution is 5.81. The maximum Gasteiger partial charge on any atom is 0.224 e. The molecule has 1 aromatic carbocycles. The number of benzene rings is 1. The lowest BCUT2D eigenvalue weighted by atomic mass is 10.0. The zero-order valence-corrected chi connectivity index (χ0v) is 10.5. The topological polar surface area (TPSA) is 29.1 Å². The third-order valence-electron chi connectivity index (χ3n) is 3.91.